The van der Waals surface area contributed by atoms with E-state index in [1.54, 1.807) is 12.1 Å². The summed E-state index contributed by atoms with van der Waals surface area (Å²) in [6, 6.07) is 13.0. The second-order valence-corrected chi connectivity index (χ2v) is 7.47. The van der Waals surface area contributed by atoms with Gasteiger partial charge in [0, 0.05) is 12.1 Å². The molecule has 0 radical (unpaired) electrons. The number of nitrogen functional groups attached to an aromatic ring is 2. The van der Waals surface area contributed by atoms with E-state index in [9.17, 15) is 0 Å². The van der Waals surface area contributed by atoms with E-state index in [1.165, 1.54) is 38.8 Å². The molecular formula is C24H37N3O2. The number of benzene rings is 2. The lowest BCUT2D eigenvalue weighted by atomic mass is 10.2. The number of rotatable bonds is 14. The van der Waals surface area contributed by atoms with Crippen molar-refractivity contribution in [1.29, 1.82) is 0 Å². The average Bonchev–Trinajstić information content (AvgIpc) is 2.72. The molecule has 5 nitrogen and oxygen atoms in total. The van der Waals surface area contributed by atoms with Crippen LogP contribution in [0.15, 0.2) is 42.5 Å². The molecule has 0 spiro atoms. The van der Waals surface area contributed by atoms with Crippen LogP contribution >= 0.6 is 0 Å². The molecule has 0 unspecified atom stereocenters. The lowest BCUT2D eigenvalue weighted by Gasteiger charge is -2.21. The standard InChI is InChI=1S/C24H37N3O2/c1-3-5-14-27(15-6-4-2)16-7-8-17-28-20-10-9-11-21(18-20)29-22-12-13-23(25)24(26)19-22/h9-13,18-19H,3-8,14-17,25-26H2,1-2H3. The third kappa shape index (κ3) is 8.65. The van der Waals surface area contributed by atoms with Crippen LogP contribution in [0.25, 0.3) is 0 Å². The summed E-state index contributed by atoms with van der Waals surface area (Å²) in [6.45, 7) is 8.81. The Morgan fingerprint density at radius 3 is 2.07 bits per heavy atom. The summed E-state index contributed by atoms with van der Waals surface area (Å²) < 4.78 is 11.8. The van der Waals surface area contributed by atoms with Gasteiger partial charge >= 0.3 is 0 Å². The van der Waals surface area contributed by atoms with E-state index in [4.69, 9.17) is 20.9 Å². The van der Waals surface area contributed by atoms with Crippen molar-refractivity contribution in [3.8, 4) is 17.2 Å². The van der Waals surface area contributed by atoms with Gasteiger partial charge in [-0.2, -0.15) is 0 Å². The lowest BCUT2D eigenvalue weighted by molar-refractivity contribution is 0.243. The normalized spacial score (nSPS) is 11.0. The fourth-order valence-electron chi connectivity index (χ4n) is 3.11. The molecule has 0 fully saturated rings. The SMILES string of the molecule is CCCCN(CCCC)CCCCOc1cccc(Oc2ccc(N)c(N)c2)c1. The van der Waals surface area contributed by atoms with Crippen LogP contribution in [0.4, 0.5) is 11.4 Å². The van der Waals surface area contributed by atoms with Crippen molar-refractivity contribution in [2.75, 3.05) is 37.7 Å². The van der Waals surface area contributed by atoms with Gasteiger partial charge < -0.3 is 25.8 Å². The van der Waals surface area contributed by atoms with Crippen molar-refractivity contribution in [3.63, 3.8) is 0 Å². The molecule has 0 saturated heterocycles. The van der Waals surface area contributed by atoms with Gasteiger partial charge in [0.1, 0.15) is 17.2 Å². The van der Waals surface area contributed by atoms with Crippen LogP contribution in [0.5, 0.6) is 17.2 Å². The summed E-state index contributed by atoms with van der Waals surface area (Å²) in [7, 11) is 0. The minimum absolute atomic E-state index is 0.516. The molecule has 2 aromatic rings. The van der Waals surface area contributed by atoms with E-state index in [1.807, 2.05) is 30.3 Å². The molecular weight excluding hydrogens is 362 g/mol. The Balaban J connectivity index is 1.74. The van der Waals surface area contributed by atoms with Gasteiger partial charge in [-0.3, -0.25) is 0 Å². The molecule has 0 saturated carbocycles. The highest BCUT2D eigenvalue weighted by molar-refractivity contribution is 5.65. The molecule has 0 amide bonds. The van der Waals surface area contributed by atoms with Crippen molar-refractivity contribution in [2.24, 2.45) is 0 Å². The number of nitrogens with two attached hydrogens (primary N) is 2. The molecule has 4 N–H and O–H groups in total. The Bertz CT molecular complexity index is 713. The molecule has 0 heterocycles. The Morgan fingerprint density at radius 2 is 1.38 bits per heavy atom. The Kier molecular flexibility index (Phi) is 10.2. The van der Waals surface area contributed by atoms with Gasteiger partial charge in [0.15, 0.2) is 0 Å². The second-order valence-electron chi connectivity index (χ2n) is 7.47. The number of unbranched alkanes of at least 4 members (excludes halogenated alkanes) is 3. The van der Waals surface area contributed by atoms with Gasteiger partial charge in [0.05, 0.1) is 18.0 Å². The van der Waals surface area contributed by atoms with Crippen LogP contribution in [0.2, 0.25) is 0 Å². The Labute approximate surface area is 176 Å². The first-order chi connectivity index (χ1) is 14.1. The zero-order chi connectivity index (χ0) is 20.9. The van der Waals surface area contributed by atoms with E-state index in [-0.39, 0.29) is 0 Å². The summed E-state index contributed by atoms with van der Waals surface area (Å²) >= 11 is 0. The maximum absolute atomic E-state index is 5.93. The van der Waals surface area contributed by atoms with Crippen molar-refractivity contribution < 1.29 is 9.47 Å². The number of nitrogens with zero attached hydrogens (tertiary/aromatic N) is 1. The van der Waals surface area contributed by atoms with Gasteiger partial charge in [-0.1, -0.05) is 32.8 Å². The monoisotopic (exact) mass is 399 g/mol. The molecule has 5 heteroatoms. The zero-order valence-corrected chi connectivity index (χ0v) is 18.0. The van der Waals surface area contributed by atoms with Gasteiger partial charge in [-0.15, -0.1) is 0 Å². The maximum Gasteiger partial charge on any atom is 0.131 e. The summed E-state index contributed by atoms with van der Waals surface area (Å²) in [5, 5.41) is 0. The van der Waals surface area contributed by atoms with Crippen molar-refractivity contribution in [3.05, 3.63) is 42.5 Å². The van der Waals surface area contributed by atoms with E-state index in [0.29, 0.717) is 23.7 Å². The average molecular weight is 400 g/mol. The quantitative estimate of drug-likeness (QED) is 0.315. The molecule has 0 aliphatic carbocycles. The number of hydrogen-bond acceptors (Lipinski definition) is 5. The molecule has 160 valence electrons. The molecule has 0 aliphatic heterocycles. The molecule has 2 rings (SSSR count). The third-order valence-corrected chi connectivity index (χ3v) is 4.89. The molecule has 0 bridgehead atoms. The van der Waals surface area contributed by atoms with Crippen LogP contribution in [-0.4, -0.2) is 31.1 Å². The zero-order valence-electron chi connectivity index (χ0n) is 18.0. The van der Waals surface area contributed by atoms with Gasteiger partial charge in [0.25, 0.3) is 0 Å². The first-order valence-corrected chi connectivity index (χ1v) is 10.9. The van der Waals surface area contributed by atoms with Crippen molar-refractivity contribution in [2.45, 2.75) is 52.4 Å². The molecule has 0 aliphatic rings. The van der Waals surface area contributed by atoms with Crippen molar-refractivity contribution in [1.82, 2.24) is 4.90 Å². The highest BCUT2D eigenvalue weighted by Crippen LogP contribution is 2.28. The van der Waals surface area contributed by atoms with Gasteiger partial charge in [-0.25, -0.2) is 0 Å². The van der Waals surface area contributed by atoms with Crippen LogP contribution in [0.3, 0.4) is 0 Å². The van der Waals surface area contributed by atoms with Crippen LogP contribution in [-0.2, 0) is 0 Å². The highest BCUT2D eigenvalue weighted by atomic mass is 16.5. The van der Waals surface area contributed by atoms with E-state index in [2.05, 4.69) is 18.7 Å². The molecule has 0 atom stereocenters. The van der Waals surface area contributed by atoms with E-state index >= 15 is 0 Å². The third-order valence-electron chi connectivity index (χ3n) is 4.89. The minimum Gasteiger partial charge on any atom is -0.493 e. The lowest BCUT2D eigenvalue weighted by Crippen LogP contribution is -2.27. The van der Waals surface area contributed by atoms with E-state index < -0.39 is 0 Å². The van der Waals surface area contributed by atoms with Gasteiger partial charge in [0.2, 0.25) is 0 Å². The van der Waals surface area contributed by atoms with E-state index in [0.717, 1.165) is 30.9 Å². The highest BCUT2D eigenvalue weighted by Gasteiger charge is 2.05. The largest absolute Gasteiger partial charge is 0.493 e. The van der Waals surface area contributed by atoms with Crippen LogP contribution < -0.4 is 20.9 Å². The van der Waals surface area contributed by atoms with Crippen LogP contribution in [0, 0.1) is 0 Å². The molecule has 29 heavy (non-hydrogen) atoms. The fraction of sp³-hybridized carbons (Fsp3) is 0.500. The fourth-order valence-corrected chi connectivity index (χ4v) is 3.11. The molecule has 0 aromatic heterocycles. The second kappa shape index (κ2) is 12.9. The Hall–Kier alpha value is -2.40. The summed E-state index contributed by atoms with van der Waals surface area (Å²) in [4.78, 5) is 2.60. The predicted molar refractivity (Wildman–Crippen MR) is 123 cm³/mol. The Morgan fingerprint density at radius 1 is 0.724 bits per heavy atom. The summed E-state index contributed by atoms with van der Waals surface area (Å²) in [5.41, 5.74) is 12.7. The minimum atomic E-state index is 0.516. The van der Waals surface area contributed by atoms with Crippen molar-refractivity contribution >= 4 is 11.4 Å². The number of anilines is 2. The summed E-state index contributed by atoms with van der Waals surface area (Å²) in [6.07, 6.45) is 7.29. The van der Waals surface area contributed by atoms with Gasteiger partial charge in [-0.05, 0) is 69.6 Å². The maximum atomic E-state index is 5.93. The number of hydrogen-bond donors (Lipinski definition) is 2. The predicted octanol–water partition coefficient (Wildman–Crippen LogP) is 5.70. The van der Waals surface area contributed by atoms with Crippen LogP contribution in [0.1, 0.15) is 52.4 Å². The smallest absolute Gasteiger partial charge is 0.131 e. The first kappa shape index (κ1) is 22.9. The molecule has 2 aromatic carbocycles. The first-order valence-electron chi connectivity index (χ1n) is 10.9. The summed E-state index contributed by atoms with van der Waals surface area (Å²) in [5.74, 6) is 2.20. The number of ether oxygens (including phenoxy) is 2. The topological polar surface area (TPSA) is 73.7 Å².